The number of rotatable bonds is 6. The summed E-state index contributed by atoms with van der Waals surface area (Å²) in [4.78, 5) is 15.9. The van der Waals surface area contributed by atoms with Crippen molar-refractivity contribution in [1.29, 1.82) is 0 Å². The van der Waals surface area contributed by atoms with Gasteiger partial charge in [-0.2, -0.15) is 11.8 Å². The molecule has 2 aromatic rings. The molecule has 2 heterocycles. The molecule has 0 saturated carbocycles. The van der Waals surface area contributed by atoms with Crippen molar-refractivity contribution in [1.82, 2.24) is 14.9 Å². The van der Waals surface area contributed by atoms with E-state index in [2.05, 4.69) is 22.6 Å². The van der Waals surface area contributed by atoms with E-state index in [1.54, 1.807) is 17.2 Å². The number of hydroxylamine groups is 1. The van der Waals surface area contributed by atoms with Crippen LogP contribution in [0.2, 0.25) is 0 Å². The van der Waals surface area contributed by atoms with Gasteiger partial charge < -0.3 is 5.32 Å². The van der Waals surface area contributed by atoms with Gasteiger partial charge in [-0.25, -0.2) is 10.5 Å². The van der Waals surface area contributed by atoms with Crippen molar-refractivity contribution in [2.75, 3.05) is 23.9 Å². The Morgan fingerprint density at radius 3 is 2.86 bits per heavy atom. The van der Waals surface area contributed by atoms with Gasteiger partial charge in [-0.3, -0.25) is 14.4 Å². The monoisotopic (exact) mass is 308 g/mol. The molecule has 0 aliphatic carbocycles. The second-order valence-corrected chi connectivity index (χ2v) is 5.89. The molecule has 0 unspecified atom stereocenters. The van der Waals surface area contributed by atoms with Gasteiger partial charge in [0, 0.05) is 12.1 Å². The lowest BCUT2D eigenvalue weighted by molar-refractivity contribution is -0.127. The van der Waals surface area contributed by atoms with Crippen LogP contribution in [0.3, 0.4) is 0 Å². The lowest BCUT2D eigenvalue weighted by atomic mass is 10.2. The first-order chi connectivity index (χ1) is 10.1. The van der Waals surface area contributed by atoms with E-state index >= 15 is 0 Å². The van der Waals surface area contributed by atoms with Crippen LogP contribution in [0.4, 0.5) is 5.82 Å². The molecule has 0 atom stereocenters. The number of anilines is 1. The lowest BCUT2D eigenvalue weighted by Gasteiger charge is -2.10. The van der Waals surface area contributed by atoms with Crippen molar-refractivity contribution < 1.29 is 10.0 Å². The molecule has 0 aliphatic heterocycles. The van der Waals surface area contributed by atoms with E-state index in [1.165, 1.54) is 0 Å². The van der Waals surface area contributed by atoms with Gasteiger partial charge in [-0.05, 0) is 43.6 Å². The minimum Gasteiger partial charge on any atom is -0.360 e. The smallest absolute Gasteiger partial charge is 0.262 e. The second kappa shape index (κ2) is 6.82. The van der Waals surface area contributed by atoms with Crippen LogP contribution < -0.4 is 10.8 Å². The number of aromatic nitrogens is 2. The summed E-state index contributed by atoms with van der Waals surface area (Å²) in [5, 5.41) is 11.7. The van der Waals surface area contributed by atoms with E-state index in [1.807, 2.05) is 24.3 Å². The fourth-order valence-electron chi connectivity index (χ4n) is 2.34. The molecule has 0 spiro atoms. The predicted octanol–water partition coefficient (Wildman–Crippen LogP) is 1.77. The molecule has 0 saturated heterocycles. The molecule has 1 amide bonds. The Morgan fingerprint density at radius 2 is 2.19 bits per heavy atom. The fourth-order valence-corrected chi connectivity index (χ4v) is 2.73. The van der Waals surface area contributed by atoms with E-state index < -0.39 is 5.91 Å². The lowest BCUT2D eigenvalue weighted by Crippen LogP contribution is -2.27. The first kappa shape index (κ1) is 15.7. The third kappa shape index (κ3) is 3.48. The normalized spacial score (nSPS) is 10.9. The number of aryl methyl sites for hydroxylation is 3. The number of carbonyl (C=O) groups excluding carboxylic acids is 1. The number of nitrogens with zero attached hydrogens (tertiary/aromatic N) is 2. The number of fused-ring (bicyclic) bond motifs is 1. The molecule has 7 heteroatoms. The Morgan fingerprint density at radius 1 is 1.43 bits per heavy atom. The molecular weight excluding hydrogens is 288 g/mol. The zero-order valence-corrected chi connectivity index (χ0v) is 13.3. The SMILES string of the molecule is CSCCc1nc2cc(C)cc(C)n2c1NCC(=O)NO. The Labute approximate surface area is 127 Å². The highest BCUT2D eigenvalue weighted by molar-refractivity contribution is 7.98. The third-order valence-electron chi connectivity index (χ3n) is 3.21. The van der Waals surface area contributed by atoms with Crippen LogP contribution in [-0.4, -0.2) is 39.1 Å². The number of nitrogens with one attached hydrogen (secondary N) is 2. The van der Waals surface area contributed by atoms with Crippen LogP contribution >= 0.6 is 11.8 Å². The highest BCUT2D eigenvalue weighted by atomic mass is 32.2. The molecule has 114 valence electrons. The maximum Gasteiger partial charge on any atom is 0.262 e. The van der Waals surface area contributed by atoms with Crippen molar-refractivity contribution in [3.8, 4) is 0 Å². The van der Waals surface area contributed by atoms with Gasteiger partial charge in [0.2, 0.25) is 0 Å². The summed E-state index contributed by atoms with van der Waals surface area (Å²) in [7, 11) is 0. The molecule has 0 fully saturated rings. The molecule has 6 nitrogen and oxygen atoms in total. The summed E-state index contributed by atoms with van der Waals surface area (Å²) in [6.45, 7) is 4.05. The van der Waals surface area contributed by atoms with Crippen LogP contribution in [-0.2, 0) is 11.2 Å². The van der Waals surface area contributed by atoms with E-state index in [9.17, 15) is 4.79 Å². The van der Waals surface area contributed by atoms with Gasteiger partial charge in [0.1, 0.15) is 11.5 Å². The van der Waals surface area contributed by atoms with Crippen LogP contribution in [0.25, 0.3) is 5.65 Å². The van der Waals surface area contributed by atoms with Crippen molar-refractivity contribution in [3.63, 3.8) is 0 Å². The average Bonchev–Trinajstić information content (AvgIpc) is 2.80. The number of amides is 1. The molecule has 0 bridgehead atoms. The van der Waals surface area contributed by atoms with E-state index in [0.717, 1.165) is 40.6 Å². The average molecular weight is 308 g/mol. The molecule has 2 rings (SSSR count). The Hall–Kier alpha value is -1.73. The van der Waals surface area contributed by atoms with Gasteiger partial charge in [-0.15, -0.1) is 0 Å². The number of hydrogen-bond donors (Lipinski definition) is 3. The largest absolute Gasteiger partial charge is 0.360 e. The highest BCUT2D eigenvalue weighted by Crippen LogP contribution is 2.22. The van der Waals surface area contributed by atoms with Gasteiger partial charge in [-0.1, -0.05) is 0 Å². The molecule has 3 N–H and O–H groups in total. The molecule has 0 aliphatic rings. The van der Waals surface area contributed by atoms with Crippen LogP contribution in [0.5, 0.6) is 0 Å². The minimum atomic E-state index is -0.481. The fraction of sp³-hybridized carbons (Fsp3) is 0.429. The summed E-state index contributed by atoms with van der Waals surface area (Å²) in [5.41, 5.74) is 5.64. The third-order valence-corrected chi connectivity index (χ3v) is 3.82. The van der Waals surface area contributed by atoms with Crippen LogP contribution in [0, 0.1) is 13.8 Å². The topological polar surface area (TPSA) is 78.7 Å². The maximum absolute atomic E-state index is 11.3. The van der Waals surface area contributed by atoms with E-state index in [4.69, 9.17) is 5.21 Å². The molecule has 0 aromatic carbocycles. The van der Waals surface area contributed by atoms with Crippen molar-refractivity contribution in [2.24, 2.45) is 0 Å². The Kier molecular flexibility index (Phi) is 5.08. The van der Waals surface area contributed by atoms with E-state index in [-0.39, 0.29) is 6.54 Å². The summed E-state index contributed by atoms with van der Waals surface area (Å²) in [5.74, 6) is 1.30. The molecule has 0 radical (unpaired) electrons. The maximum atomic E-state index is 11.3. The second-order valence-electron chi connectivity index (χ2n) is 4.91. The molecule has 21 heavy (non-hydrogen) atoms. The summed E-state index contributed by atoms with van der Waals surface area (Å²) in [6.07, 6.45) is 2.88. The molecule has 2 aromatic heterocycles. The number of thioether (sulfide) groups is 1. The Bertz CT molecular complexity index is 654. The number of pyridine rings is 1. The van der Waals surface area contributed by atoms with E-state index in [0.29, 0.717) is 0 Å². The quantitative estimate of drug-likeness (QED) is 0.560. The number of carbonyl (C=O) groups is 1. The number of imidazole rings is 1. The minimum absolute atomic E-state index is 0.00385. The first-order valence-electron chi connectivity index (χ1n) is 6.71. The van der Waals surface area contributed by atoms with Crippen molar-refractivity contribution >= 4 is 29.1 Å². The first-order valence-corrected chi connectivity index (χ1v) is 8.10. The van der Waals surface area contributed by atoms with Gasteiger partial charge in [0.25, 0.3) is 5.91 Å². The van der Waals surface area contributed by atoms with Gasteiger partial charge in [0.05, 0.1) is 12.2 Å². The standard InChI is InChI=1S/C14H20N4O2S/c1-9-6-10(2)18-12(7-9)16-11(4-5-21-3)14(18)15-8-13(19)17-20/h6-7,15,20H,4-5,8H2,1-3H3,(H,17,19). The van der Waals surface area contributed by atoms with Gasteiger partial charge in [0.15, 0.2) is 0 Å². The van der Waals surface area contributed by atoms with Crippen LogP contribution in [0.1, 0.15) is 17.0 Å². The highest BCUT2D eigenvalue weighted by Gasteiger charge is 2.14. The summed E-state index contributed by atoms with van der Waals surface area (Å²) < 4.78 is 2.01. The summed E-state index contributed by atoms with van der Waals surface area (Å²) >= 11 is 1.75. The van der Waals surface area contributed by atoms with Gasteiger partial charge >= 0.3 is 0 Å². The predicted molar refractivity (Wildman–Crippen MR) is 85.2 cm³/mol. The van der Waals surface area contributed by atoms with Crippen LogP contribution in [0.15, 0.2) is 12.1 Å². The molecular formula is C14H20N4O2S. The number of hydrogen-bond acceptors (Lipinski definition) is 5. The zero-order valence-electron chi connectivity index (χ0n) is 12.4. The summed E-state index contributed by atoms with van der Waals surface area (Å²) in [6, 6.07) is 4.09. The van der Waals surface area contributed by atoms with Crippen molar-refractivity contribution in [3.05, 3.63) is 29.1 Å². The van der Waals surface area contributed by atoms with Crippen molar-refractivity contribution in [2.45, 2.75) is 20.3 Å². The zero-order chi connectivity index (χ0) is 15.4. The Balaban J connectivity index is 2.43.